The van der Waals surface area contributed by atoms with Crippen molar-refractivity contribution >= 4 is 39.6 Å². The first-order valence-electron chi connectivity index (χ1n) is 13.9. The maximum absolute atomic E-state index is 13.0. The van der Waals surface area contributed by atoms with Crippen LogP contribution in [0, 0.1) is 5.92 Å². The van der Waals surface area contributed by atoms with Crippen LogP contribution in [0.5, 0.6) is 0 Å². The second kappa shape index (κ2) is 11.5. The summed E-state index contributed by atoms with van der Waals surface area (Å²) in [5.74, 6) is 1.71. The maximum Gasteiger partial charge on any atom is 0.261 e. The highest BCUT2D eigenvalue weighted by Gasteiger charge is 2.23. The number of thioether (sulfide) groups is 1. The number of hydrogen-bond donors (Lipinski definition) is 2. The van der Waals surface area contributed by atoms with Gasteiger partial charge < -0.3 is 20.1 Å². The molecule has 2 aliphatic heterocycles. The first-order valence-corrected chi connectivity index (χ1v) is 15.1. The largest absolute Gasteiger partial charge is 0.353 e. The zero-order chi connectivity index (χ0) is 25.9. The Morgan fingerprint density at radius 1 is 1.03 bits per heavy atom. The molecule has 2 aromatic carbocycles. The fourth-order valence-corrected chi connectivity index (χ4v) is 6.29. The lowest BCUT2D eigenvalue weighted by atomic mass is 9.98. The molecular weight excluding hydrogens is 494 g/mol. The van der Waals surface area contributed by atoms with Crippen LogP contribution < -0.4 is 16.2 Å². The van der Waals surface area contributed by atoms with Gasteiger partial charge in [-0.25, -0.2) is 9.97 Å². The Balaban J connectivity index is 1.08. The number of para-hydroxylation sites is 2. The van der Waals surface area contributed by atoms with Gasteiger partial charge in [-0.05, 0) is 81.3 Å². The number of rotatable bonds is 8. The molecule has 0 saturated carbocycles. The maximum atomic E-state index is 13.0. The van der Waals surface area contributed by atoms with Crippen molar-refractivity contribution in [2.24, 2.45) is 5.92 Å². The minimum Gasteiger partial charge on any atom is -0.353 e. The topological polar surface area (TPSA) is 80.0 Å². The molecule has 2 fully saturated rings. The molecule has 0 aliphatic carbocycles. The highest BCUT2D eigenvalue weighted by Crippen LogP contribution is 2.26. The predicted octanol–water partition coefficient (Wildman–Crippen LogP) is 4.04. The summed E-state index contributed by atoms with van der Waals surface area (Å²) in [6, 6.07) is 14.8. The van der Waals surface area contributed by atoms with Crippen LogP contribution >= 0.6 is 11.8 Å². The van der Waals surface area contributed by atoms with E-state index in [4.69, 9.17) is 4.98 Å². The Kier molecular flexibility index (Phi) is 7.67. The molecule has 38 heavy (non-hydrogen) atoms. The second-order valence-corrected chi connectivity index (χ2v) is 11.5. The van der Waals surface area contributed by atoms with Crippen LogP contribution in [0.25, 0.3) is 21.9 Å². The number of nitrogens with zero attached hydrogens (tertiary/aromatic N) is 5. The molecular formula is C29H37N7OS. The first kappa shape index (κ1) is 25.4. The summed E-state index contributed by atoms with van der Waals surface area (Å²) in [5.41, 5.74) is 3.11. The number of piperidine rings is 2. The lowest BCUT2D eigenvalue weighted by Crippen LogP contribution is -2.41. The lowest BCUT2D eigenvalue weighted by molar-refractivity contribution is 0.210. The Morgan fingerprint density at radius 2 is 1.84 bits per heavy atom. The molecule has 6 rings (SSSR count). The van der Waals surface area contributed by atoms with Crippen LogP contribution in [0.4, 0.5) is 5.95 Å². The monoisotopic (exact) mass is 531 g/mol. The van der Waals surface area contributed by atoms with Gasteiger partial charge in [0.25, 0.3) is 5.56 Å². The number of nitrogens with one attached hydrogen (secondary N) is 2. The molecule has 2 aliphatic rings. The summed E-state index contributed by atoms with van der Waals surface area (Å²) in [4.78, 5) is 26.1. The molecule has 4 heterocycles. The molecule has 8 nitrogen and oxygen atoms in total. The normalized spacial score (nSPS) is 17.9. The van der Waals surface area contributed by atoms with Gasteiger partial charge in [0, 0.05) is 43.7 Å². The Morgan fingerprint density at radius 3 is 2.66 bits per heavy atom. The number of imidazole rings is 1. The SMILES string of the molecule is CSc1ccc2ncn(CCN3CCC(Nc4nc5ccccc5n4CC4CCNCC4)CC3)c(=O)c2c1. The Labute approximate surface area is 227 Å². The van der Waals surface area contributed by atoms with Crippen LogP contribution in [0.3, 0.4) is 0 Å². The summed E-state index contributed by atoms with van der Waals surface area (Å²) in [6.45, 7) is 6.79. The van der Waals surface area contributed by atoms with E-state index in [0.717, 1.165) is 74.0 Å². The number of fused-ring (bicyclic) bond motifs is 2. The number of anilines is 1. The number of aromatic nitrogens is 4. The average Bonchev–Trinajstić information content (AvgIpc) is 3.30. The van der Waals surface area contributed by atoms with Gasteiger partial charge in [-0.3, -0.25) is 9.36 Å². The van der Waals surface area contributed by atoms with Crippen molar-refractivity contribution in [2.45, 2.75) is 49.7 Å². The van der Waals surface area contributed by atoms with E-state index in [1.807, 2.05) is 24.5 Å². The van der Waals surface area contributed by atoms with Gasteiger partial charge in [-0.1, -0.05) is 12.1 Å². The predicted molar refractivity (Wildman–Crippen MR) is 156 cm³/mol. The van der Waals surface area contributed by atoms with Crippen LogP contribution in [0.15, 0.2) is 58.5 Å². The Bertz CT molecular complexity index is 1450. The van der Waals surface area contributed by atoms with E-state index in [-0.39, 0.29) is 5.56 Å². The molecule has 9 heteroatoms. The van der Waals surface area contributed by atoms with Crippen molar-refractivity contribution in [1.29, 1.82) is 0 Å². The fraction of sp³-hybridized carbons (Fsp3) is 0.483. The number of likely N-dealkylation sites (tertiary alicyclic amines) is 1. The number of benzene rings is 2. The van der Waals surface area contributed by atoms with Crippen LogP contribution in [-0.2, 0) is 13.1 Å². The summed E-state index contributed by atoms with van der Waals surface area (Å²) in [5, 5.41) is 7.99. The smallest absolute Gasteiger partial charge is 0.261 e. The van der Waals surface area contributed by atoms with E-state index in [1.165, 1.54) is 18.4 Å². The molecule has 200 valence electrons. The van der Waals surface area contributed by atoms with E-state index in [9.17, 15) is 4.79 Å². The van der Waals surface area contributed by atoms with Crippen molar-refractivity contribution in [2.75, 3.05) is 44.3 Å². The lowest BCUT2D eigenvalue weighted by Gasteiger charge is -2.33. The van der Waals surface area contributed by atoms with Gasteiger partial charge >= 0.3 is 0 Å². The third-order valence-corrected chi connectivity index (χ3v) is 8.89. The van der Waals surface area contributed by atoms with Crippen molar-refractivity contribution in [1.82, 2.24) is 29.3 Å². The molecule has 2 N–H and O–H groups in total. The quantitative estimate of drug-likeness (QED) is 0.332. The van der Waals surface area contributed by atoms with E-state index in [2.05, 4.69) is 49.4 Å². The van der Waals surface area contributed by atoms with E-state index < -0.39 is 0 Å². The molecule has 0 bridgehead atoms. The zero-order valence-corrected chi connectivity index (χ0v) is 22.9. The summed E-state index contributed by atoms with van der Waals surface area (Å²) in [6.07, 6.45) is 8.30. The molecule has 0 amide bonds. The van der Waals surface area contributed by atoms with Crippen molar-refractivity contribution in [3.05, 3.63) is 59.1 Å². The van der Waals surface area contributed by atoms with Gasteiger partial charge in [0.15, 0.2) is 0 Å². The third kappa shape index (κ3) is 5.46. The van der Waals surface area contributed by atoms with E-state index >= 15 is 0 Å². The summed E-state index contributed by atoms with van der Waals surface area (Å²) < 4.78 is 4.18. The van der Waals surface area contributed by atoms with E-state index in [1.54, 1.807) is 22.7 Å². The minimum absolute atomic E-state index is 0.0510. The molecule has 0 spiro atoms. The highest BCUT2D eigenvalue weighted by molar-refractivity contribution is 7.98. The summed E-state index contributed by atoms with van der Waals surface area (Å²) in [7, 11) is 0. The number of hydrogen-bond acceptors (Lipinski definition) is 7. The van der Waals surface area contributed by atoms with Gasteiger partial charge in [0.05, 0.1) is 28.3 Å². The Hall–Kier alpha value is -2.88. The molecule has 4 aromatic rings. The van der Waals surface area contributed by atoms with Crippen LogP contribution in [0.1, 0.15) is 25.7 Å². The standard InChI is InChI=1S/C29H37N7OS/c1-38-23-6-7-25-24(18-23)28(37)35(20-31-25)17-16-34-14-10-22(11-15-34)32-29-33-26-4-2-3-5-27(26)36(29)19-21-8-12-30-13-9-21/h2-7,18,20-22,30H,8-17,19H2,1H3,(H,32,33). The van der Waals surface area contributed by atoms with Crippen molar-refractivity contribution in [3.63, 3.8) is 0 Å². The molecule has 2 aromatic heterocycles. The molecule has 2 saturated heterocycles. The minimum atomic E-state index is 0.0510. The second-order valence-electron chi connectivity index (χ2n) is 10.6. The van der Waals surface area contributed by atoms with Gasteiger partial charge in [0.2, 0.25) is 5.95 Å². The molecule has 0 atom stereocenters. The highest BCUT2D eigenvalue weighted by atomic mass is 32.2. The van der Waals surface area contributed by atoms with E-state index in [0.29, 0.717) is 23.9 Å². The van der Waals surface area contributed by atoms with Crippen molar-refractivity contribution in [3.8, 4) is 0 Å². The van der Waals surface area contributed by atoms with Crippen LogP contribution in [0.2, 0.25) is 0 Å². The fourth-order valence-electron chi connectivity index (χ4n) is 5.85. The average molecular weight is 532 g/mol. The van der Waals surface area contributed by atoms with Gasteiger partial charge in [-0.15, -0.1) is 11.8 Å². The molecule has 0 radical (unpaired) electrons. The first-order chi connectivity index (χ1) is 18.7. The van der Waals surface area contributed by atoms with Gasteiger partial charge in [0.1, 0.15) is 0 Å². The van der Waals surface area contributed by atoms with Crippen molar-refractivity contribution < 1.29 is 0 Å². The zero-order valence-electron chi connectivity index (χ0n) is 22.1. The van der Waals surface area contributed by atoms with Gasteiger partial charge in [-0.2, -0.15) is 0 Å². The summed E-state index contributed by atoms with van der Waals surface area (Å²) >= 11 is 1.65. The van der Waals surface area contributed by atoms with Crippen LogP contribution in [-0.4, -0.2) is 69.0 Å². The molecule has 0 unspecified atom stereocenters. The third-order valence-electron chi connectivity index (χ3n) is 8.16.